The average molecular weight is 269 g/mol. The highest BCUT2D eigenvalue weighted by molar-refractivity contribution is 5.82. The summed E-state index contributed by atoms with van der Waals surface area (Å²) in [5.74, 6) is 0.0311. The van der Waals surface area contributed by atoms with E-state index in [1.165, 1.54) is 0 Å². The molecule has 6 heteroatoms. The molecule has 0 spiro atoms. The van der Waals surface area contributed by atoms with Crippen molar-refractivity contribution in [1.29, 1.82) is 0 Å². The van der Waals surface area contributed by atoms with E-state index >= 15 is 0 Å². The summed E-state index contributed by atoms with van der Waals surface area (Å²) >= 11 is 0. The van der Waals surface area contributed by atoms with E-state index in [2.05, 4.69) is 0 Å². The lowest BCUT2D eigenvalue weighted by molar-refractivity contribution is -0.147. The fourth-order valence-electron chi connectivity index (χ4n) is 2.54. The lowest BCUT2D eigenvalue weighted by Gasteiger charge is -2.36. The first-order chi connectivity index (χ1) is 9.13. The highest BCUT2D eigenvalue weighted by atomic mass is 16.5. The van der Waals surface area contributed by atoms with Gasteiger partial charge < -0.3 is 20.3 Å². The first-order valence-corrected chi connectivity index (χ1v) is 7.02. The fraction of sp³-hybridized carbons (Fsp3) is 0.846. The monoisotopic (exact) mass is 269 g/mol. The third-order valence-electron chi connectivity index (χ3n) is 3.88. The molecule has 2 N–H and O–H groups in total. The van der Waals surface area contributed by atoms with Crippen molar-refractivity contribution in [1.82, 2.24) is 9.80 Å². The molecule has 0 radical (unpaired) electrons. The zero-order valence-electron chi connectivity index (χ0n) is 11.5. The van der Waals surface area contributed by atoms with E-state index in [0.29, 0.717) is 39.3 Å². The molecule has 2 amide bonds. The van der Waals surface area contributed by atoms with Crippen molar-refractivity contribution in [3.8, 4) is 0 Å². The normalized spacial score (nSPS) is 25.5. The van der Waals surface area contributed by atoms with Crippen LogP contribution < -0.4 is 5.73 Å². The van der Waals surface area contributed by atoms with Crippen LogP contribution in [0.15, 0.2) is 0 Å². The highest BCUT2D eigenvalue weighted by Gasteiger charge is 2.31. The standard InChI is InChI=1S/C13H23N3O3/c1-10(9-14)12(17)15-4-6-16(7-5-15)13(18)11-3-2-8-19-11/h10-11H,2-9,14H2,1H3. The van der Waals surface area contributed by atoms with E-state index in [1.807, 2.05) is 11.8 Å². The molecule has 6 nitrogen and oxygen atoms in total. The van der Waals surface area contributed by atoms with Crippen LogP contribution in [-0.4, -0.2) is 67.0 Å². The molecule has 2 heterocycles. The van der Waals surface area contributed by atoms with Crippen molar-refractivity contribution in [3.63, 3.8) is 0 Å². The SMILES string of the molecule is CC(CN)C(=O)N1CCN(C(=O)C2CCCO2)CC1. The number of nitrogens with two attached hydrogens (primary N) is 1. The topological polar surface area (TPSA) is 75.9 Å². The Balaban J connectivity index is 1.81. The van der Waals surface area contributed by atoms with Crippen molar-refractivity contribution >= 4 is 11.8 Å². The second kappa shape index (κ2) is 6.34. The summed E-state index contributed by atoms with van der Waals surface area (Å²) in [4.78, 5) is 27.7. The molecule has 0 bridgehead atoms. The summed E-state index contributed by atoms with van der Waals surface area (Å²) in [6, 6.07) is 0. The van der Waals surface area contributed by atoms with Crippen LogP contribution in [0.2, 0.25) is 0 Å². The summed E-state index contributed by atoms with van der Waals surface area (Å²) < 4.78 is 5.41. The molecule has 2 unspecified atom stereocenters. The maximum absolute atomic E-state index is 12.1. The predicted molar refractivity (Wildman–Crippen MR) is 70.4 cm³/mol. The molecule has 0 aromatic carbocycles. The van der Waals surface area contributed by atoms with Gasteiger partial charge in [-0.1, -0.05) is 6.92 Å². The van der Waals surface area contributed by atoms with E-state index in [4.69, 9.17) is 10.5 Å². The summed E-state index contributed by atoms with van der Waals surface area (Å²) in [5.41, 5.74) is 5.51. The van der Waals surface area contributed by atoms with Gasteiger partial charge in [0.15, 0.2) is 0 Å². The number of hydrogen-bond acceptors (Lipinski definition) is 4. The van der Waals surface area contributed by atoms with Gasteiger partial charge in [-0.2, -0.15) is 0 Å². The minimum Gasteiger partial charge on any atom is -0.368 e. The molecule has 2 aliphatic rings. The maximum atomic E-state index is 12.1. The third-order valence-corrected chi connectivity index (χ3v) is 3.88. The zero-order chi connectivity index (χ0) is 13.8. The van der Waals surface area contributed by atoms with E-state index in [0.717, 1.165) is 12.8 Å². The minimum atomic E-state index is -0.259. The molecule has 0 aromatic heterocycles. The Bertz CT molecular complexity index is 334. The second-order valence-electron chi connectivity index (χ2n) is 5.29. The molecule has 2 atom stereocenters. The average Bonchev–Trinajstić information content (AvgIpc) is 2.99. The second-order valence-corrected chi connectivity index (χ2v) is 5.29. The number of piperazine rings is 1. The molecule has 0 aromatic rings. The quantitative estimate of drug-likeness (QED) is 0.744. The molecule has 2 aliphatic heterocycles. The van der Waals surface area contributed by atoms with Crippen molar-refractivity contribution in [2.24, 2.45) is 11.7 Å². The Morgan fingerprint density at radius 2 is 1.89 bits per heavy atom. The van der Waals surface area contributed by atoms with Gasteiger partial charge in [0.25, 0.3) is 5.91 Å². The van der Waals surface area contributed by atoms with Crippen LogP contribution in [0.1, 0.15) is 19.8 Å². The lowest BCUT2D eigenvalue weighted by Crippen LogP contribution is -2.54. The fourth-order valence-corrected chi connectivity index (χ4v) is 2.54. The summed E-state index contributed by atoms with van der Waals surface area (Å²) in [7, 11) is 0. The Kier molecular flexibility index (Phi) is 4.76. The van der Waals surface area contributed by atoms with Gasteiger partial charge in [-0.15, -0.1) is 0 Å². The predicted octanol–water partition coefficient (Wildman–Crippen LogP) is -0.569. The van der Waals surface area contributed by atoms with Crippen molar-refractivity contribution in [3.05, 3.63) is 0 Å². The van der Waals surface area contributed by atoms with Gasteiger partial charge in [0.2, 0.25) is 5.91 Å². The van der Waals surface area contributed by atoms with Crippen LogP contribution in [0, 0.1) is 5.92 Å². The number of ether oxygens (including phenoxy) is 1. The molecule has 2 rings (SSSR count). The number of carbonyl (C=O) groups excluding carboxylic acids is 2. The van der Waals surface area contributed by atoms with Crippen LogP contribution in [0.4, 0.5) is 0 Å². The van der Waals surface area contributed by atoms with Crippen LogP contribution in [-0.2, 0) is 14.3 Å². The zero-order valence-corrected chi connectivity index (χ0v) is 11.5. The van der Waals surface area contributed by atoms with E-state index < -0.39 is 0 Å². The first-order valence-electron chi connectivity index (χ1n) is 7.02. The number of rotatable bonds is 3. The van der Waals surface area contributed by atoms with Gasteiger partial charge in [0, 0.05) is 45.2 Å². The van der Waals surface area contributed by atoms with Gasteiger partial charge in [-0.25, -0.2) is 0 Å². The van der Waals surface area contributed by atoms with Crippen LogP contribution in [0.25, 0.3) is 0 Å². The van der Waals surface area contributed by atoms with Crippen LogP contribution >= 0.6 is 0 Å². The molecule has 19 heavy (non-hydrogen) atoms. The minimum absolute atomic E-state index is 0.0801. The Morgan fingerprint density at radius 3 is 2.42 bits per heavy atom. The van der Waals surface area contributed by atoms with E-state index in [-0.39, 0.29) is 23.8 Å². The molecule has 2 fully saturated rings. The number of hydrogen-bond donors (Lipinski definition) is 1. The van der Waals surface area contributed by atoms with Crippen molar-refractivity contribution in [2.75, 3.05) is 39.3 Å². The molecular formula is C13H23N3O3. The number of carbonyl (C=O) groups is 2. The summed E-state index contributed by atoms with van der Waals surface area (Å²) in [6.07, 6.45) is 1.52. The number of nitrogens with zero attached hydrogens (tertiary/aromatic N) is 2. The third kappa shape index (κ3) is 3.25. The van der Waals surface area contributed by atoms with Crippen molar-refractivity contribution < 1.29 is 14.3 Å². The van der Waals surface area contributed by atoms with Gasteiger partial charge >= 0.3 is 0 Å². The smallest absolute Gasteiger partial charge is 0.251 e. The Morgan fingerprint density at radius 1 is 1.26 bits per heavy atom. The largest absolute Gasteiger partial charge is 0.368 e. The van der Waals surface area contributed by atoms with Crippen LogP contribution in [0.3, 0.4) is 0 Å². The summed E-state index contributed by atoms with van der Waals surface area (Å²) in [5, 5.41) is 0. The molecule has 0 aliphatic carbocycles. The van der Waals surface area contributed by atoms with Crippen molar-refractivity contribution in [2.45, 2.75) is 25.9 Å². The van der Waals surface area contributed by atoms with E-state index in [1.54, 1.807) is 4.90 Å². The van der Waals surface area contributed by atoms with Gasteiger partial charge in [-0.3, -0.25) is 9.59 Å². The number of amides is 2. The molecule has 0 saturated carbocycles. The maximum Gasteiger partial charge on any atom is 0.251 e. The van der Waals surface area contributed by atoms with Gasteiger partial charge in [0.05, 0.1) is 0 Å². The summed E-state index contributed by atoms with van der Waals surface area (Å²) in [6.45, 7) is 5.29. The first kappa shape index (κ1) is 14.3. The van der Waals surface area contributed by atoms with E-state index in [9.17, 15) is 9.59 Å². The van der Waals surface area contributed by atoms with Gasteiger partial charge in [-0.05, 0) is 12.8 Å². The van der Waals surface area contributed by atoms with Gasteiger partial charge in [0.1, 0.15) is 6.10 Å². The lowest BCUT2D eigenvalue weighted by atomic mass is 10.1. The molecule has 108 valence electrons. The Labute approximate surface area is 113 Å². The Hall–Kier alpha value is -1.14. The molecular weight excluding hydrogens is 246 g/mol. The molecule has 2 saturated heterocycles. The van der Waals surface area contributed by atoms with Crippen LogP contribution in [0.5, 0.6) is 0 Å². The highest BCUT2D eigenvalue weighted by Crippen LogP contribution is 2.16.